The number of alkyl carbamates (subject to hydrolysis) is 1. The number of unbranched alkanes of at least 4 members (excludes halogenated alkanes) is 1. The Balaban J connectivity index is 5.17. The molecule has 0 radical (unpaired) electrons. The van der Waals surface area contributed by atoms with Gasteiger partial charge < -0.3 is 25.8 Å². The predicted octanol–water partition coefficient (Wildman–Crippen LogP) is 1.90. The Morgan fingerprint density at radius 3 is 1.55 bits per heavy atom. The molecule has 3 amide bonds. The summed E-state index contributed by atoms with van der Waals surface area (Å²) in [7, 11) is 0. The van der Waals surface area contributed by atoms with Crippen molar-refractivity contribution in [1.29, 1.82) is 0 Å². The van der Waals surface area contributed by atoms with Crippen molar-refractivity contribution in [3.05, 3.63) is 0 Å². The molecule has 9 nitrogen and oxygen atoms in total. The summed E-state index contributed by atoms with van der Waals surface area (Å²) in [6.45, 7) is 12.6. The van der Waals surface area contributed by atoms with Crippen molar-refractivity contribution >= 4 is 23.9 Å². The van der Waals surface area contributed by atoms with E-state index in [1.54, 1.807) is 41.5 Å². The maximum Gasteiger partial charge on any atom is 0.407 e. The summed E-state index contributed by atoms with van der Waals surface area (Å²) in [5.41, 5.74) is 0. The molecule has 0 aliphatic heterocycles. The third-order valence-corrected chi connectivity index (χ3v) is 4.43. The number of hydrogen-bond donors (Lipinski definition) is 4. The van der Waals surface area contributed by atoms with Gasteiger partial charge in [-0.05, 0) is 24.2 Å². The number of carbonyl (C=O) groups excluding carboxylic acids is 3. The van der Waals surface area contributed by atoms with Gasteiger partial charge in [-0.2, -0.15) is 0 Å². The minimum atomic E-state index is -1.14. The van der Waals surface area contributed by atoms with E-state index >= 15 is 0 Å². The Morgan fingerprint density at radius 1 is 0.759 bits per heavy atom. The van der Waals surface area contributed by atoms with Gasteiger partial charge in [-0.1, -0.05) is 54.9 Å². The average Bonchev–Trinajstić information content (AvgIpc) is 2.60. The summed E-state index contributed by atoms with van der Waals surface area (Å²) in [6.07, 6.45) is 0.909. The summed E-state index contributed by atoms with van der Waals surface area (Å²) in [4.78, 5) is 48.7. The number of hydrogen-bond acceptors (Lipinski definition) is 5. The molecule has 0 aliphatic rings. The minimum absolute atomic E-state index is 0.243. The van der Waals surface area contributed by atoms with E-state index in [1.165, 1.54) is 0 Å². The second-order valence-electron chi connectivity index (χ2n) is 8.15. The monoisotopic (exact) mass is 415 g/mol. The lowest BCUT2D eigenvalue weighted by Crippen LogP contribution is -2.59. The lowest BCUT2D eigenvalue weighted by molar-refractivity contribution is -0.143. The molecule has 0 saturated heterocycles. The molecule has 0 aromatic rings. The van der Waals surface area contributed by atoms with E-state index in [-0.39, 0.29) is 24.4 Å². The SMILES string of the molecule is CCCCOC(=O)N[C@H](C(=O)N[C@H](C(=O)N[C@H](C(=O)O)C(C)C)C(C)C)C(C)C. The molecule has 0 bridgehead atoms. The number of aliphatic carboxylic acids is 1. The first-order valence-corrected chi connectivity index (χ1v) is 10.2. The first-order valence-electron chi connectivity index (χ1n) is 10.2. The highest BCUT2D eigenvalue weighted by atomic mass is 16.5. The minimum Gasteiger partial charge on any atom is -0.480 e. The molecule has 0 aliphatic carbocycles. The van der Waals surface area contributed by atoms with Gasteiger partial charge in [0.05, 0.1) is 6.61 Å². The van der Waals surface area contributed by atoms with E-state index in [0.29, 0.717) is 0 Å². The van der Waals surface area contributed by atoms with Crippen molar-refractivity contribution in [2.24, 2.45) is 17.8 Å². The molecule has 9 heteroatoms. The molecule has 0 aromatic carbocycles. The molecule has 0 unspecified atom stereocenters. The lowest BCUT2D eigenvalue weighted by atomic mass is 9.98. The van der Waals surface area contributed by atoms with Crippen molar-refractivity contribution in [2.75, 3.05) is 6.61 Å². The van der Waals surface area contributed by atoms with Crippen LogP contribution in [0.3, 0.4) is 0 Å². The molecule has 0 heterocycles. The van der Waals surface area contributed by atoms with Crippen LogP contribution in [0.2, 0.25) is 0 Å². The van der Waals surface area contributed by atoms with Crippen LogP contribution in [-0.2, 0) is 19.1 Å². The Labute approximate surface area is 173 Å². The maximum atomic E-state index is 12.7. The van der Waals surface area contributed by atoms with E-state index in [4.69, 9.17) is 4.74 Å². The van der Waals surface area contributed by atoms with E-state index < -0.39 is 42.0 Å². The van der Waals surface area contributed by atoms with E-state index in [1.807, 2.05) is 6.92 Å². The fraction of sp³-hybridized carbons (Fsp3) is 0.800. The normalized spacial score (nSPS) is 14.3. The number of nitrogens with one attached hydrogen (secondary N) is 3. The summed E-state index contributed by atoms with van der Waals surface area (Å²) in [6, 6.07) is -2.89. The molecular formula is C20H37N3O6. The number of amides is 3. The second kappa shape index (κ2) is 13.0. The van der Waals surface area contributed by atoms with E-state index in [9.17, 15) is 24.3 Å². The van der Waals surface area contributed by atoms with Crippen LogP contribution in [-0.4, -0.2) is 53.7 Å². The van der Waals surface area contributed by atoms with Crippen molar-refractivity contribution in [2.45, 2.75) is 79.4 Å². The molecule has 29 heavy (non-hydrogen) atoms. The van der Waals surface area contributed by atoms with Gasteiger partial charge in [0.2, 0.25) is 11.8 Å². The fourth-order valence-electron chi connectivity index (χ4n) is 2.55. The Kier molecular flexibility index (Phi) is 12.0. The van der Waals surface area contributed by atoms with Gasteiger partial charge in [0.25, 0.3) is 0 Å². The molecular weight excluding hydrogens is 378 g/mol. The van der Waals surface area contributed by atoms with Crippen LogP contribution in [0.4, 0.5) is 4.79 Å². The van der Waals surface area contributed by atoms with Gasteiger partial charge in [0, 0.05) is 0 Å². The molecule has 4 N–H and O–H groups in total. The van der Waals surface area contributed by atoms with Crippen LogP contribution in [0, 0.1) is 17.8 Å². The number of carbonyl (C=O) groups is 4. The molecule has 168 valence electrons. The lowest BCUT2D eigenvalue weighted by Gasteiger charge is -2.28. The average molecular weight is 416 g/mol. The summed E-state index contributed by atoms with van der Waals surface area (Å²) >= 11 is 0. The van der Waals surface area contributed by atoms with Crippen LogP contribution in [0.5, 0.6) is 0 Å². The molecule has 3 atom stereocenters. The zero-order valence-corrected chi connectivity index (χ0v) is 18.6. The predicted molar refractivity (Wildman–Crippen MR) is 109 cm³/mol. The summed E-state index contributed by atoms with van der Waals surface area (Å²) in [5, 5.41) is 16.9. The van der Waals surface area contributed by atoms with Gasteiger partial charge >= 0.3 is 12.1 Å². The highest BCUT2D eigenvalue weighted by Crippen LogP contribution is 2.09. The highest BCUT2D eigenvalue weighted by molar-refractivity contribution is 5.93. The Hall–Kier alpha value is -2.32. The Morgan fingerprint density at radius 2 is 1.17 bits per heavy atom. The first kappa shape index (κ1) is 26.7. The van der Waals surface area contributed by atoms with E-state index in [0.717, 1.165) is 12.8 Å². The molecule has 0 fully saturated rings. The zero-order valence-electron chi connectivity index (χ0n) is 18.6. The highest BCUT2D eigenvalue weighted by Gasteiger charge is 2.33. The molecule has 0 spiro atoms. The zero-order chi connectivity index (χ0) is 22.7. The molecule has 0 rings (SSSR count). The van der Waals surface area contributed by atoms with Gasteiger partial charge in [-0.3, -0.25) is 9.59 Å². The fourth-order valence-corrected chi connectivity index (χ4v) is 2.55. The van der Waals surface area contributed by atoms with Crippen LogP contribution < -0.4 is 16.0 Å². The maximum absolute atomic E-state index is 12.7. The summed E-state index contributed by atoms with van der Waals surface area (Å²) < 4.78 is 5.04. The first-order chi connectivity index (χ1) is 13.4. The smallest absolute Gasteiger partial charge is 0.407 e. The standard InChI is InChI=1S/C20H37N3O6/c1-8-9-10-29-20(28)23-15(12(4)5)18(25)21-14(11(2)3)17(24)22-16(13(6)7)19(26)27/h11-16H,8-10H2,1-7H3,(H,21,25)(H,22,24)(H,23,28)(H,26,27)/t14-,15-,16-/m0/s1. The number of rotatable bonds is 12. The topological polar surface area (TPSA) is 134 Å². The number of carboxylic acid groups (broad SMARTS) is 1. The summed E-state index contributed by atoms with van der Waals surface area (Å²) in [5.74, 6) is -3.10. The van der Waals surface area contributed by atoms with Crippen molar-refractivity contribution in [3.63, 3.8) is 0 Å². The van der Waals surface area contributed by atoms with Gasteiger partial charge in [-0.15, -0.1) is 0 Å². The van der Waals surface area contributed by atoms with Gasteiger partial charge in [0.1, 0.15) is 18.1 Å². The number of ether oxygens (including phenoxy) is 1. The van der Waals surface area contributed by atoms with Crippen molar-refractivity contribution < 1.29 is 29.0 Å². The van der Waals surface area contributed by atoms with Gasteiger partial charge in [-0.25, -0.2) is 9.59 Å². The van der Waals surface area contributed by atoms with Crippen LogP contribution in [0.1, 0.15) is 61.3 Å². The van der Waals surface area contributed by atoms with Crippen molar-refractivity contribution in [3.8, 4) is 0 Å². The van der Waals surface area contributed by atoms with E-state index in [2.05, 4.69) is 16.0 Å². The quantitative estimate of drug-likeness (QED) is 0.360. The molecule has 0 saturated carbocycles. The third-order valence-electron chi connectivity index (χ3n) is 4.43. The van der Waals surface area contributed by atoms with Crippen molar-refractivity contribution in [1.82, 2.24) is 16.0 Å². The van der Waals surface area contributed by atoms with Crippen LogP contribution in [0.25, 0.3) is 0 Å². The van der Waals surface area contributed by atoms with Gasteiger partial charge in [0.15, 0.2) is 0 Å². The molecule has 0 aromatic heterocycles. The second-order valence-corrected chi connectivity index (χ2v) is 8.15. The Bertz CT molecular complexity index is 562. The largest absolute Gasteiger partial charge is 0.480 e. The van der Waals surface area contributed by atoms with Crippen LogP contribution >= 0.6 is 0 Å². The number of carboxylic acids is 1. The third kappa shape index (κ3) is 9.62. The van der Waals surface area contributed by atoms with Crippen LogP contribution in [0.15, 0.2) is 0 Å².